The van der Waals surface area contributed by atoms with Crippen LogP contribution in [0, 0.1) is 0 Å². The van der Waals surface area contributed by atoms with Crippen molar-refractivity contribution in [2.75, 3.05) is 36.5 Å². The molecule has 4 heteroatoms. The predicted octanol–water partition coefficient (Wildman–Crippen LogP) is 0.910. The molecule has 13 heavy (non-hydrogen) atoms. The van der Waals surface area contributed by atoms with E-state index in [0.29, 0.717) is 6.04 Å². The van der Waals surface area contributed by atoms with Crippen LogP contribution in [0.15, 0.2) is 16.7 Å². The molecule has 0 spiro atoms. The van der Waals surface area contributed by atoms with Crippen LogP contribution in [0.4, 0.5) is 11.6 Å². The first kappa shape index (κ1) is 7.26. The van der Waals surface area contributed by atoms with Crippen molar-refractivity contribution in [2.45, 2.75) is 6.04 Å². The number of furan rings is 1. The highest BCUT2D eigenvalue weighted by atomic mass is 16.5. The molecule has 0 aromatic carbocycles. The van der Waals surface area contributed by atoms with Gasteiger partial charge in [-0.05, 0) is 0 Å². The quantitative estimate of drug-likeness (QED) is 0.644. The van der Waals surface area contributed by atoms with Crippen molar-refractivity contribution in [1.82, 2.24) is 0 Å². The normalized spacial score (nSPS) is 26.2. The molecular weight excluding hydrogens is 168 g/mol. The van der Waals surface area contributed by atoms with Crippen LogP contribution in [0.5, 0.6) is 0 Å². The van der Waals surface area contributed by atoms with Crippen LogP contribution in [0.1, 0.15) is 0 Å². The predicted molar refractivity (Wildman–Crippen MR) is 49.2 cm³/mol. The lowest BCUT2D eigenvalue weighted by Crippen LogP contribution is -2.51. The summed E-state index contributed by atoms with van der Waals surface area (Å²) in [7, 11) is 0. The van der Waals surface area contributed by atoms with Gasteiger partial charge in [0.25, 0.3) is 0 Å². The zero-order valence-corrected chi connectivity index (χ0v) is 7.32. The first-order valence-electron chi connectivity index (χ1n) is 4.61. The van der Waals surface area contributed by atoms with Gasteiger partial charge in [0, 0.05) is 19.2 Å². The van der Waals surface area contributed by atoms with Crippen LogP contribution < -0.4 is 10.2 Å². The number of rotatable bonds is 0. The first-order chi connectivity index (χ1) is 6.45. The van der Waals surface area contributed by atoms with Crippen molar-refractivity contribution in [3.8, 4) is 0 Å². The van der Waals surface area contributed by atoms with Crippen molar-refractivity contribution in [2.24, 2.45) is 0 Å². The lowest BCUT2D eigenvalue weighted by molar-refractivity contribution is 0.0961. The number of nitrogens with one attached hydrogen (secondary N) is 1. The fourth-order valence-electron chi connectivity index (χ4n) is 2.01. The smallest absolute Gasteiger partial charge is 0.216 e. The van der Waals surface area contributed by atoms with E-state index in [1.165, 1.54) is 5.69 Å². The second-order valence-corrected chi connectivity index (χ2v) is 3.44. The maximum atomic E-state index is 5.42. The number of anilines is 2. The van der Waals surface area contributed by atoms with Gasteiger partial charge in [-0.3, -0.25) is 0 Å². The highest BCUT2D eigenvalue weighted by Crippen LogP contribution is 2.33. The number of hydrogen-bond donors (Lipinski definition) is 1. The third kappa shape index (κ3) is 1.02. The molecule has 1 unspecified atom stereocenters. The Labute approximate surface area is 76.5 Å². The summed E-state index contributed by atoms with van der Waals surface area (Å²) in [6.07, 6.45) is 1.73. The summed E-state index contributed by atoms with van der Waals surface area (Å²) in [6, 6.07) is 2.48. The Balaban J connectivity index is 1.97. The average molecular weight is 180 g/mol. The number of nitrogens with zero attached hydrogens (tertiary/aromatic N) is 1. The molecule has 0 amide bonds. The van der Waals surface area contributed by atoms with Crippen LogP contribution in [0.2, 0.25) is 0 Å². The topological polar surface area (TPSA) is 37.6 Å². The molecular formula is C9H12N2O2. The second-order valence-electron chi connectivity index (χ2n) is 3.44. The van der Waals surface area contributed by atoms with E-state index in [1.54, 1.807) is 6.26 Å². The molecule has 0 bridgehead atoms. The highest BCUT2D eigenvalue weighted by molar-refractivity contribution is 5.67. The minimum atomic E-state index is 0.471. The van der Waals surface area contributed by atoms with Crippen LogP contribution in [-0.4, -0.2) is 32.3 Å². The summed E-state index contributed by atoms with van der Waals surface area (Å²) in [5.41, 5.74) is 1.18. The highest BCUT2D eigenvalue weighted by Gasteiger charge is 2.30. The molecule has 3 rings (SSSR count). The molecule has 1 aromatic rings. The van der Waals surface area contributed by atoms with Gasteiger partial charge in [0.2, 0.25) is 5.88 Å². The fraction of sp³-hybridized carbons (Fsp3) is 0.556. The van der Waals surface area contributed by atoms with Gasteiger partial charge in [-0.1, -0.05) is 0 Å². The Morgan fingerprint density at radius 2 is 2.54 bits per heavy atom. The number of hydrogen-bond acceptors (Lipinski definition) is 4. The molecule has 70 valence electrons. The van der Waals surface area contributed by atoms with E-state index in [4.69, 9.17) is 9.15 Å². The average Bonchev–Trinajstić information content (AvgIpc) is 2.65. The molecule has 1 N–H and O–H groups in total. The van der Waals surface area contributed by atoms with Gasteiger partial charge in [-0.25, -0.2) is 0 Å². The van der Waals surface area contributed by atoms with Crippen molar-refractivity contribution in [3.05, 3.63) is 12.3 Å². The molecule has 1 atom stereocenters. The second kappa shape index (κ2) is 2.67. The van der Waals surface area contributed by atoms with E-state index in [0.717, 1.165) is 32.2 Å². The zero-order chi connectivity index (χ0) is 8.67. The molecule has 3 heterocycles. The SMILES string of the molecule is c1cc2c(o1)NCC1COCCN21. The maximum Gasteiger partial charge on any atom is 0.216 e. The number of morpholine rings is 1. The lowest BCUT2D eigenvalue weighted by Gasteiger charge is -2.39. The third-order valence-electron chi connectivity index (χ3n) is 2.68. The largest absolute Gasteiger partial charge is 0.447 e. The van der Waals surface area contributed by atoms with E-state index in [9.17, 15) is 0 Å². The van der Waals surface area contributed by atoms with E-state index in [1.807, 2.05) is 6.07 Å². The van der Waals surface area contributed by atoms with Gasteiger partial charge in [-0.2, -0.15) is 0 Å². The molecule has 4 nitrogen and oxygen atoms in total. The monoisotopic (exact) mass is 180 g/mol. The zero-order valence-electron chi connectivity index (χ0n) is 7.32. The summed E-state index contributed by atoms with van der Waals surface area (Å²) in [5, 5.41) is 3.25. The van der Waals surface area contributed by atoms with Gasteiger partial charge in [0.1, 0.15) is 5.69 Å². The van der Waals surface area contributed by atoms with Crippen molar-refractivity contribution in [1.29, 1.82) is 0 Å². The standard InChI is InChI=1S/C9H12N2O2/c1-3-13-9-8(1)11-2-4-12-6-7(11)5-10-9/h1,3,7,10H,2,4-6H2. The van der Waals surface area contributed by atoms with Gasteiger partial charge < -0.3 is 19.4 Å². The minimum Gasteiger partial charge on any atom is -0.447 e. The minimum absolute atomic E-state index is 0.471. The van der Waals surface area contributed by atoms with Crippen LogP contribution in [0.3, 0.4) is 0 Å². The number of ether oxygens (including phenoxy) is 1. The molecule has 1 fully saturated rings. The summed E-state index contributed by atoms with van der Waals surface area (Å²) >= 11 is 0. The molecule has 0 aliphatic carbocycles. The van der Waals surface area contributed by atoms with Gasteiger partial charge >= 0.3 is 0 Å². The summed E-state index contributed by atoms with van der Waals surface area (Å²) in [6.45, 7) is 3.53. The van der Waals surface area contributed by atoms with Crippen molar-refractivity contribution in [3.63, 3.8) is 0 Å². The molecule has 0 radical (unpaired) electrons. The molecule has 0 saturated carbocycles. The fourth-order valence-corrected chi connectivity index (χ4v) is 2.01. The molecule has 2 aliphatic heterocycles. The Morgan fingerprint density at radius 1 is 1.54 bits per heavy atom. The maximum absolute atomic E-state index is 5.42. The van der Waals surface area contributed by atoms with E-state index >= 15 is 0 Å². The Bertz CT molecular complexity index is 310. The molecule has 1 aromatic heterocycles. The van der Waals surface area contributed by atoms with Crippen LogP contribution >= 0.6 is 0 Å². The van der Waals surface area contributed by atoms with Gasteiger partial charge in [-0.15, -0.1) is 0 Å². The van der Waals surface area contributed by atoms with Crippen molar-refractivity contribution < 1.29 is 9.15 Å². The summed E-state index contributed by atoms with van der Waals surface area (Å²) < 4.78 is 10.7. The molecule has 2 aliphatic rings. The van der Waals surface area contributed by atoms with Crippen LogP contribution in [0.25, 0.3) is 0 Å². The van der Waals surface area contributed by atoms with E-state index < -0.39 is 0 Å². The summed E-state index contributed by atoms with van der Waals surface area (Å²) in [4.78, 5) is 2.36. The van der Waals surface area contributed by atoms with E-state index in [-0.39, 0.29) is 0 Å². The van der Waals surface area contributed by atoms with Gasteiger partial charge in [0.15, 0.2) is 0 Å². The third-order valence-corrected chi connectivity index (χ3v) is 2.68. The number of fused-ring (bicyclic) bond motifs is 3. The van der Waals surface area contributed by atoms with Crippen LogP contribution in [-0.2, 0) is 4.74 Å². The lowest BCUT2D eigenvalue weighted by atomic mass is 10.1. The van der Waals surface area contributed by atoms with Crippen molar-refractivity contribution >= 4 is 11.6 Å². The van der Waals surface area contributed by atoms with Gasteiger partial charge in [0.05, 0.1) is 25.5 Å². The Kier molecular flexibility index (Phi) is 1.49. The first-order valence-corrected chi connectivity index (χ1v) is 4.61. The summed E-state index contributed by atoms with van der Waals surface area (Å²) in [5.74, 6) is 0.901. The van der Waals surface area contributed by atoms with E-state index in [2.05, 4.69) is 10.2 Å². The Hall–Kier alpha value is -1.16. The molecule has 1 saturated heterocycles. The Morgan fingerprint density at radius 3 is 3.54 bits per heavy atom.